The second-order valence-electron chi connectivity index (χ2n) is 5.08. The molecule has 0 aromatic heterocycles. The standard InChI is InChI=1S/C19H14O4/c1-2-23-13-10-14-16(20)8-9-17(21)18(14)15(11-13)19(22)12-6-4-3-5-7-12/h3-11H,2H2,1H3. The Kier molecular flexibility index (Phi) is 3.89. The van der Waals surface area contributed by atoms with Crippen LogP contribution < -0.4 is 4.74 Å². The van der Waals surface area contributed by atoms with Gasteiger partial charge in [0.1, 0.15) is 5.75 Å². The molecule has 0 fully saturated rings. The lowest BCUT2D eigenvalue weighted by atomic mass is 9.87. The molecule has 3 rings (SSSR count). The summed E-state index contributed by atoms with van der Waals surface area (Å²) < 4.78 is 5.44. The molecule has 114 valence electrons. The molecule has 0 N–H and O–H groups in total. The highest BCUT2D eigenvalue weighted by atomic mass is 16.5. The molecule has 0 bridgehead atoms. The fourth-order valence-electron chi connectivity index (χ4n) is 2.57. The Hall–Kier alpha value is -3.01. The number of ketones is 3. The van der Waals surface area contributed by atoms with E-state index >= 15 is 0 Å². The van der Waals surface area contributed by atoms with Crippen LogP contribution in [0.25, 0.3) is 0 Å². The van der Waals surface area contributed by atoms with Gasteiger partial charge in [0.25, 0.3) is 0 Å². The summed E-state index contributed by atoms with van der Waals surface area (Å²) in [4.78, 5) is 37.1. The molecule has 2 aromatic carbocycles. The van der Waals surface area contributed by atoms with Crippen molar-refractivity contribution < 1.29 is 19.1 Å². The smallest absolute Gasteiger partial charge is 0.193 e. The van der Waals surface area contributed by atoms with Crippen molar-refractivity contribution >= 4 is 17.3 Å². The minimum Gasteiger partial charge on any atom is -0.494 e. The van der Waals surface area contributed by atoms with E-state index in [1.165, 1.54) is 24.3 Å². The maximum Gasteiger partial charge on any atom is 0.193 e. The third kappa shape index (κ3) is 2.71. The molecule has 0 heterocycles. The molecule has 0 amide bonds. The van der Waals surface area contributed by atoms with Gasteiger partial charge >= 0.3 is 0 Å². The zero-order valence-corrected chi connectivity index (χ0v) is 12.5. The van der Waals surface area contributed by atoms with Crippen molar-refractivity contribution in [3.63, 3.8) is 0 Å². The molecule has 0 saturated heterocycles. The third-order valence-corrected chi connectivity index (χ3v) is 3.60. The molecule has 0 radical (unpaired) electrons. The fraction of sp³-hybridized carbons (Fsp3) is 0.105. The van der Waals surface area contributed by atoms with Crippen molar-refractivity contribution in [2.24, 2.45) is 0 Å². The van der Waals surface area contributed by atoms with Crippen LogP contribution >= 0.6 is 0 Å². The van der Waals surface area contributed by atoms with Gasteiger partial charge in [-0.1, -0.05) is 30.3 Å². The summed E-state index contributed by atoms with van der Waals surface area (Å²) in [5.41, 5.74) is 1.01. The first-order chi connectivity index (χ1) is 11.1. The predicted octanol–water partition coefficient (Wildman–Crippen LogP) is 3.25. The number of fused-ring (bicyclic) bond motifs is 1. The number of carbonyl (C=O) groups is 3. The van der Waals surface area contributed by atoms with Gasteiger partial charge in [-0.2, -0.15) is 0 Å². The highest BCUT2D eigenvalue weighted by Gasteiger charge is 2.27. The van der Waals surface area contributed by atoms with Crippen molar-refractivity contribution in [2.75, 3.05) is 6.61 Å². The van der Waals surface area contributed by atoms with Crippen molar-refractivity contribution in [2.45, 2.75) is 6.92 Å². The normalized spacial score (nSPS) is 12.9. The van der Waals surface area contributed by atoms with E-state index in [0.29, 0.717) is 17.9 Å². The van der Waals surface area contributed by atoms with Gasteiger partial charge in [-0.3, -0.25) is 14.4 Å². The Morgan fingerprint density at radius 1 is 1.00 bits per heavy atom. The number of hydrogen-bond acceptors (Lipinski definition) is 4. The van der Waals surface area contributed by atoms with Gasteiger partial charge in [0.2, 0.25) is 0 Å². The van der Waals surface area contributed by atoms with Crippen LogP contribution in [0.3, 0.4) is 0 Å². The Morgan fingerprint density at radius 2 is 1.70 bits per heavy atom. The van der Waals surface area contributed by atoms with E-state index < -0.39 is 0 Å². The molecule has 0 spiro atoms. The summed E-state index contributed by atoms with van der Waals surface area (Å²) in [5.74, 6) is -0.549. The Balaban J connectivity index is 2.21. The minimum atomic E-state index is -0.345. The molecule has 1 aliphatic rings. The molecule has 1 aliphatic carbocycles. The summed E-state index contributed by atoms with van der Waals surface area (Å²) >= 11 is 0. The van der Waals surface area contributed by atoms with Gasteiger partial charge < -0.3 is 4.74 Å². The highest BCUT2D eigenvalue weighted by Crippen LogP contribution is 2.28. The van der Waals surface area contributed by atoms with Gasteiger partial charge in [0, 0.05) is 22.3 Å². The Labute approximate surface area is 133 Å². The van der Waals surface area contributed by atoms with Crippen LogP contribution in [0.2, 0.25) is 0 Å². The van der Waals surface area contributed by atoms with E-state index in [9.17, 15) is 14.4 Å². The molecule has 0 unspecified atom stereocenters. The van der Waals surface area contributed by atoms with Crippen molar-refractivity contribution in [3.05, 3.63) is 76.9 Å². The van der Waals surface area contributed by atoms with Gasteiger partial charge in [0.15, 0.2) is 17.3 Å². The molecule has 4 nitrogen and oxygen atoms in total. The van der Waals surface area contributed by atoms with E-state index in [2.05, 4.69) is 0 Å². The number of hydrogen-bond donors (Lipinski definition) is 0. The maximum absolute atomic E-state index is 12.8. The molecule has 4 heteroatoms. The Bertz CT molecular complexity index is 832. The van der Waals surface area contributed by atoms with E-state index in [1.807, 2.05) is 6.92 Å². The van der Waals surface area contributed by atoms with Gasteiger partial charge in [-0.15, -0.1) is 0 Å². The second kappa shape index (κ2) is 6.01. The lowest BCUT2D eigenvalue weighted by Crippen LogP contribution is -2.18. The average Bonchev–Trinajstić information content (AvgIpc) is 2.58. The number of carbonyl (C=O) groups excluding carboxylic acids is 3. The summed E-state index contributed by atoms with van der Waals surface area (Å²) in [6.45, 7) is 2.21. The quantitative estimate of drug-likeness (QED) is 0.814. The lowest BCUT2D eigenvalue weighted by Gasteiger charge is -2.16. The largest absolute Gasteiger partial charge is 0.494 e. The van der Waals surface area contributed by atoms with Crippen LogP contribution in [0.15, 0.2) is 54.6 Å². The molecular weight excluding hydrogens is 292 g/mol. The summed E-state index contributed by atoms with van der Waals surface area (Å²) in [6, 6.07) is 11.7. The van der Waals surface area contributed by atoms with Gasteiger partial charge in [0.05, 0.1) is 6.61 Å². The van der Waals surface area contributed by atoms with Gasteiger partial charge in [-0.25, -0.2) is 0 Å². The minimum absolute atomic E-state index is 0.148. The molecule has 2 aromatic rings. The van der Waals surface area contributed by atoms with E-state index in [0.717, 1.165) is 0 Å². The first-order valence-electron chi connectivity index (χ1n) is 7.29. The monoisotopic (exact) mass is 306 g/mol. The van der Waals surface area contributed by atoms with E-state index in [4.69, 9.17) is 4.74 Å². The lowest BCUT2D eigenvalue weighted by molar-refractivity contribution is 0.0983. The third-order valence-electron chi connectivity index (χ3n) is 3.60. The van der Waals surface area contributed by atoms with Crippen molar-refractivity contribution in [3.8, 4) is 5.75 Å². The second-order valence-corrected chi connectivity index (χ2v) is 5.08. The number of ether oxygens (including phenoxy) is 1. The van der Waals surface area contributed by atoms with E-state index in [1.54, 1.807) is 30.3 Å². The zero-order valence-electron chi connectivity index (χ0n) is 12.5. The molecule has 0 atom stereocenters. The van der Waals surface area contributed by atoms with Gasteiger partial charge in [-0.05, 0) is 31.2 Å². The fourth-order valence-corrected chi connectivity index (χ4v) is 2.57. The van der Waals surface area contributed by atoms with Crippen LogP contribution in [-0.2, 0) is 0 Å². The molecule has 0 aliphatic heterocycles. The Morgan fingerprint density at radius 3 is 2.39 bits per heavy atom. The number of allylic oxidation sites excluding steroid dienone is 2. The van der Waals surface area contributed by atoms with Crippen LogP contribution in [-0.4, -0.2) is 24.0 Å². The molecule has 0 saturated carbocycles. The summed E-state index contributed by atoms with van der Waals surface area (Å²) in [5, 5.41) is 0. The first-order valence-corrected chi connectivity index (χ1v) is 7.29. The molecule has 23 heavy (non-hydrogen) atoms. The molecular formula is C19H14O4. The first kappa shape index (κ1) is 14.9. The maximum atomic E-state index is 12.8. The van der Waals surface area contributed by atoms with Crippen LogP contribution in [0.5, 0.6) is 5.75 Å². The topological polar surface area (TPSA) is 60.4 Å². The highest BCUT2D eigenvalue weighted by molar-refractivity contribution is 6.27. The van der Waals surface area contributed by atoms with E-state index in [-0.39, 0.29) is 34.0 Å². The summed E-state index contributed by atoms with van der Waals surface area (Å²) in [6.07, 6.45) is 2.42. The predicted molar refractivity (Wildman–Crippen MR) is 85.3 cm³/mol. The van der Waals surface area contributed by atoms with Crippen molar-refractivity contribution in [1.29, 1.82) is 0 Å². The zero-order chi connectivity index (χ0) is 16.4. The SMILES string of the molecule is CCOc1cc2c(c(C(=O)c3ccccc3)c1)C(=O)C=CC2=O. The van der Waals surface area contributed by atoms with Crippen LogP contribution in [0.4, 0.5) is 0 Å². The van der Waals surface area contributed by atoms with Crippen molar-refractivity contribution in [1.82, 2.24) is 0 Å². The average molecular weight is 306 g/mol. The van der Waals surface area contributed by atoms with Crippen LogP contribution in [0.1, 0.15) is 43.6 Å². The van der Waals surface area contributed by atoms with Crippen LogP contribution in [0, 0.1) is 0 Å². The number of benzene rings is 2. The summed E-state index contributed by atoms with van der Waals surface area (Å²) in [7, 11) is 0. The number of rotatable bonds is 4.